The number of nitrogens with one attached hydrogen (secondary N) is 1. The van der Waals surface area contributed by atoms with Crippen LogP contribution in [0.25, 0.3) is 5.65 Å². The van der Waals surface area contributed by atoms with Crippen LogP contribution in [0.3, 0.4) is 0 Å². The van der Waals surface area contributed by atoms with Crippen LogP contribution in [-0.2, 0) is 13.1 Å². The van der Waals surface area contributed by atoms with Crippen molar-refractivity contribution in [2.45, 2.75) is 20.0 Å². The van der Waals surface area contributed by atoms with E-state index in [1.165, 1.54) is 5.56 Å². The summed E-state index contributed by atoms with van der Waals surface area (Å²) >= 11 is 0. The van der Waals surface area contributed by atoms with Crippen molar-refractivity contribution in [3.63, 3.8) is 0 Å². The van der Waals surface area contributed by atoms with Gasteiger partial charge in [-0.3, -0.25) is 4.40 Å². The van der Waals surface area contributed by atoms with E-state index in [4.69, 9.17) is 4.74 Å². The van der Waals surface area contributed by atoms with Crippen molar-refractivity contribution in [1.82, 2.24) is 19.9 Å². The average Bonchev–Trinajstić information content (AvgIpc) is 2.92. The van der Waals surface area contributed by atoms with Gasteiger partial charge in [-0.15, -0.1) is 10.2 Å². The Labute approximate surface area is 123 Å². The van der Waals surface area contributed by atoms with Crippen LogP contribution in [0.5, 0.6) is 5.75 Å². The van der Waals surface area contributed by atoms with Crippen molar-refractivity contribution in [3.8, 4) is 5.75 Å². The minimum atomic E-state index is 0.671. The SMILES string of the molecule is CCOc1cccc(CNCc2nnc3ccccn23)c1. The van der Waals surface area contributed by atoms with Gasteiger partial charge in [0.05, 0.1) is 13.2 Å². The van der Waals surface area contributed by atoms with Gasteiger partial charge in [-0.25, -0.2) is 0 Å². The molecule has 1 N–H and O–H groups in total. The topological polar surface area (TPSA) is 51.5 Å². The summed E-state index contributed by atoms with van der Waals surface area (Å²) in [6.07, 6.45) is 1.97. The Morgan fingerprint density at radius 3 is 2.95 bits per heavy atom. The molecule has 0 aliphatic heterocycles. The highest BCUT2D eigenvalue weighted by atomic mass is 16.5. The lowest BCUT2D eigenvalue weighted by Gasteiger charge is -2.07. The van der Waals surface area contributed by atoms with Gasteiger partial charge >= 0.3 is 0 Å². The van der Waals surface area contributed by atoms with Crippen LogP contribution in [-0.4, -0.2) is 21.2 Å². The van der Waals surface area contributed by atoms with Crippen LogP contribution in [0.15, 0.2) is 48.7 Å². The fourth-order valence-electron chi connectivity index (χ4n) is 2.24. The molecular weight excluding hydrogens is 264 g/mol. The molecule has 0 amide bonds. The van der Waals surface area contributed by atoms with Gasteiger partial charge in [-0.05, 0) is 36.8 Å². The molecule has 0 fully saturated rings. The first-order chi connectivity index (χ1) is 10.4. The summed E-state index contributed by atoms with van der Waals surface area (Å²) < 4.78 is 7.49. The summed E-state index contributed by atoms with van der Waals surface area (Å²) in [7, 11) is 0. The Bertz CT molecular complexity index is 723. The number of fused-ring (bicyclic) bond motifs is 1. The van der Waals surface area contributed by atoms with E-state index < -0.39 is 0 Å². The van der Waals surface area contributed by atoms with Gasteiger partial charge < -0.3 is 10.1 Å². The van der Waals surface area contributed by atoms with Crippen LogP contribution in [0.4, 0.5) is 0 Å². The van der Waals surface area contributed by atoms with Crippen molar-refractivity contribution in [2.24, 2.45) is 0 Å². The van der Waals surface area contributed by atoms with Crippen molar-refractivity contribution < 1.29 is 4.74 Å². The molecule has 0 aliphatic rings. The maximum Gasteiger partial charge on any atom is 0.160 e. The molecule has 0 bridgehead atoms. The molecule has 3 aromatic rings. The smallest absolute Gasteiger partial charge is 0.160 e. The Kier molecular flexibility index (Phi) is 4.12. The van der Waals surface area contributed by atoms with Gasteiger partial charge in [-0.2, -0.15) is 0 Å². The third kappa shape index (κ3) is 3.20. The number of ether oxygens (including phenoxy) is 1. The molecule has 2 heterocycles. The molecular formula is C16H18N4O. The maximum atomic E-state index is 5.50. The molecule has 0 atom stereocenters. The lowest BCUT2D eigenvalue weighted by Crippen LogP contribution is -2.15. The van der Waals surface area contributed by atoms with Crippen LogP contribution in [0.1, 0.15) is 18.3 Å². The van der Waals surface area contributed by atoms with Gasteiger partial charge in [0, 0.05) is 12.7 Å². The number of nitrogens with zero attached hydrogens (tertiary/aromatic N) is 3. The second kappa shape index (κ2) is 6.37. The fourth-order valence-corrected chi connectivity index (χ4v) is 2.24. The van der Waals surface area contributed by atoms with E-state index in [0.29, 0.717) is 13.2 Å². The highest BCUT2D eigenvalue weighted by molar-refractivity contribution is 5.37. The molecule has 0 saturated carbocycles. The zero-order valence-electron chi connectivity index (χ0n) is 12.0. The number of hydrogen-bond acceptors (Lipinski definition) is 4. The molecule has 0 aliphatic carbocycles. The Hall–Kier alpha value is -2.40. The van der Waals surface area contributed by atoms with E-state index in [-0.39, 0.29) is 0 Å². The molecule has 5 nitrogen and oxygen atoms in total. The second-order valence-electron chi connectivity index (χ2n) is 4.73. The quantitative estimate of drug-likeness (QED) is 0.754. The standard InChI is InChI=1S/C16H18N4O/c1-2-21-14-7-5-6-13(10-14)11-17-12-16-19-18-15-8-3-4-9-20(15)16/h3-10,17H,2,11-12H2,1H3. The van der Waals surface area contributed by atoms with E-state index in [1.807, 2.05) is 47.9 Å². The molecule has 3 rings (SSSR count). The first-order valence-electron chi connectivity index (χ1n) is 7.08. The first kappa shape index (κ1) is 13.6. The summed E-state index contributed by atoms with van der Waals surface area (Å²) in [5, 5.41) is 11.7. The molecule has 0 spiro atoms. The Morgan fingerprint density at radius 2 is 2.05 bits per heavy atom. The van der Waals surface area contributed by atoms with Crippen molar-refractivity contribution >= 4 is 5.65 Å². The monoisotopic (exact) mass is 282 g/mol. The van der Waals surface area contributed by atoms with E-state index in [0.717, 1.165) is 23.8 Å². The third-order valence-electron chi connectivity index (χ3n) is 3.21. The number of hydrogen-bond donors (Lipinski definition) is 1. The predicted molar refractivity (Wildman–Crippen MR) is 81.1 cm³/mol. The zero-order valence-corrected chi connectivity index (χ0v) is 12.0. The van der Waals surface area contributed by atoms with E-state index in [1.54, 1.807) is 0 Å². The molecule has 0 radical (unpaired) electrons. The molecule has 1 aromatic carbocycles. The lowest BCUT2D eigenvalue weighted by atomic mass is 10.2. The van der Waals surface area contributed by atoms with Gasteiger partial charge in [0.2, 0.25) is 0 Å². The first-order valence-corrected chi connectivity index (χ1v) is 7.08. The third-order valence-corrected chi connectivity index (χ3v) is 3.21. The molecule has 21 heavy (non-hydrogen) atoms. The Morgan fingerprint density at radius 1 is 1.10 bits per heavy atom. The lowest BCUT2D eigenvalue weighted by molar-refractivity contribution is 0.340. The maximum absolute atomic E-state index is 5.50. The highest BCUT2D eigenvalue weighted by Gasteiger charge is 2.04. The Balaban J connectivity index is 1.62. The highest BCUT2D eigenvalue weighted by Crippen LogP contribution is 2.13. The second-order valence-corrected chi connectivity index (χ2v) is 4.73. The van der Waals surface area contributed by atoms with E-state index in [9.17, 15) is 0 Å². The normalized spacial score (nSPS) is 10.9. The molecule has 0 saturated heterocycles. The minimum absolute atomic E-state index is 0.671. The van der Waals surface area contributed by atoms with E-state index >= 15 is 0 Å². The van der Waals surface area contributed by atoms with Gasteiger partial charge in [0.1, 0.15) is 5.75 Å². The number of rotatable bonds is 6. The largest absolute Gasteiger partial charge is 0.494 e. The fraction of sp³-hybridized carbons (Fsp3) is 0.250. The van der Waals surface area contributed by atoms with Crippen LogP contribution in [0.2, 0.25) is 0 Å². The van der Waals surface area contributed by atoms with E-state index in [2.05, 4.69) is 27.6 Å². The van der Waals surface area contributed by atoms with Crippen LogP contribution in [0, 0.1) is 0 Å². The molecule has 108 valence electrons. The van der Waals surface area contributed by atoms with Gasteiger partial charge in [-0.1, -0.05) is 18.2 Å². The predicted octanol–water partition coefficient (Wildman–Crippen LogP) is 2.42. The number of aromatic nitrogens is 3. The summed E-state index contributed by atoms with van der Waals surface area (Å²) in [6, 6.07) is 14.0. The van der Waals surface area contributed by atoms with Crippen LogP contribution < -0.4 is 10.1 Å². The van der Waals surface area contributed by atoms with Crippen LogP contribution >= 0.6 is 0 Å². The summed E-state index contributed by atoms with van der Waals surface area (Å²) in [4.78, 5) is 0. The number of pyridine rings is 1. The van der Waals surface area contributed by atoms with Gasteiger partial charge in [0.15, 0.2) is 11.5 Å². The molecule has 5 heteroatoms. The average molecular weight is 282 g/mol. The van der Waals surface area contributed by atoms with Crippen molar-refractivity contribution in [1.29, 1.82) is 0 Å². The van der Waals surface area contributed by atoms with Crippen molar-refractivity contribution in [3.05, 3.63) is 60.0 Å². The molecule has 2 aromatic heterocycles. The van der Waals surface area contributed by atoms with Crippen molar-refractivity contribution in [2.75, 3.05) is 6.61 Å². The summed E-state index contributed by atoms with van der Waals surface area (Å²) in [6.45, 7) is 4.11. The molecule has 0 unspecified atom stereocenters. The summed E-state index contributed by atoms with van der Waals surface area (Å²) in [5.41, 5.74) is 2.06. The summed E-state index contributed by atoms with van der Waals surface area (Å²) in [5.74, 6) is 1.82. The minimum Gasteiger partial charge on any atom is -0.494 e. The number of benzene rings is 1. The van der Waals surface area contributed by atoms with Gasteiger partial charge in [0.25, 0.3) is 0 Å². The zero-order chi connectivity index (χ0) is 14.5.